The molecule has 106 valence electrons. The number of carbonyl (C=O) groups excluding carboxylic acids is 1. The third kappa shape index (κ3) is 1.56. The molecule has 4 heteroatoms. The molecule has 0 aromatic heterocycles. The van der Waals surface area contributed by atoms with E-state index >= 15 is 0 Å². The summed E-state index contributed by atoms with van der Waals surface area (Å²) in [6, 6.07) is 0. The highest BCUT2D eigenvalue weighted by Crippen LogP contribution is 2.63. The van der Waals surface area contributed by atoms with Crippen LogP contribution >= 0.6 is 0 Å². The summed E-state index contributed by atoms with van der Waals surface area (Å²) in [6.07, 6.45) is 3.55. The predicted molar refractivity (Wildman–Crippen MR) is 69.3 cm³/mol. The highest BCUT2D eigenvalue weighted by molar-refractivity contribution is 5.87. The van der Waals surface area contributed by atoms with Crippen LogP contribution in [0.4, 0.5) is 0 Å². The minimum Gasteiger partial charge on any atom is -0.450 e. The van der Waals surface area contributed by atoms with E-state index in [2.05, 4.69) is 6.58 Å². The highest BCUT2D eigenvalue weighted by Gasteiger charge is 2.72. The zero-order valence-electron chi connectivity index (χ0n) is 11.6. The van der Waals surface area contributed by atoms with Gasteiger partial charge in [0.1, 0.15) is 11.2 Å². The molecule has 0 amide bonds. The Balaban J connectivity index is 1.99. The molecule has 4 rings (SSSR count). The van der Waals surface area contributed by atoms with Gasteiger partial charge in [0.05, 0.1) is 0 Å². The summed E-state index contributed by atoms with van der Waals surface area (Å²) in [7, 11) is 0. The predicted octanol–water partition coefficient (Wildman–Crippen LogP) is 1.55. The molecule has 0 aliphatic heterocycles. The largest absolute Gasteiger partial charge is 0.450 e. The van der Waals surface area contributed by atoms with Crippen LogP contribution in [0.1, 0.15) is 46.0 Å². The summed E-state index contributed by atoms with van der Waals surface area (Å²) < 4.78 is 5.54. The van der Waals surface area contributed by atoms with Gasteiger partial charge in [0.2, 0.25) is 0 Å². The molecule has 4 nitrogen and oxygen atoms in total. The molecule has 4 fully saturated rings. The summed E-state index contributed by atoms with van der Waals surface area (Å²) in [6.45, 7) is 6.84. The molecule has 0 heterocycles. The van der Waals surface area contributed by atoms with Gasteiger partial charge in [0, 0.05) is 5.57 Å². The van der Waals surface area contributed by atoms with Crippen molar-refractivity contribution in [1.82, 2.24) is 0 Å². The van der Waals surface area contributed by atoms with Crippen LogP contribution in [-0.4, -0.2) is 33.0 Å². The molecule has 0 aromatic rings. The second-order valence-electron chi connectivity index (χ2n) is 7.05. The van der Waals surface area contributed by atoms with Crippen LogP contribution in [0.2, 0.25) is 0 Å². The van der Waals surface area contributed by atoms with Gasteiger partial charge in [0.15, 0.2) is 5.60 Å². The van der Waals surface area contributed by atoms with Crippen LogP contribution in [0.15, 0.2) is 12.2 Å². The van der Waals surface area contributed by atoms with Gasteiger partial charge in [-0.1, -0.05) is 6.58 Å². The number of esters is 1. The number of carbonyl (C=O) groups is 1. The van der Waals surface area contributed by atoms with Gasteiger partial charge >= 0.3 is 5.97 Å². The van der Waals surface area contributed by atoms with Crippen molar-refractivity contribution < 1.29 is 19.7 Å². The van der Waals surface area contributed by atoms with E-state index < -0.39 is 22.8 Å². The van der Waals surface area contributed by atoms with Gasteiger partial charge in [0.25, 0.3) is 0 Å². The zero-order chi connectivity index (χ0) is 14.1. The first-order chi connectivity index (χ1) is 8.69. The Hall–Kier alpha value is -0.870. The first-order valence-electron chi connectivity index (χ1n) is 7.03. The second kappa shape index (κ2) is 3.61. The Kier molecular flexibility index (Phi) is 2.50. The van der Waals surface area contributed by atoms with Crippen molar-refractivity contribution in [2.45, 2.75) is 62.8 Å². The first-order valence-corrected chi connectivity index (χ1v) is 7.03. The van der Waals surface area contributed by atoms with Crippen molar-refractivity contribution in [1.29, 1.82) is 0 Å². The lowest BCUT2D eigenvalue weighted by molar-refractivity contribution is -0.323. The fraction of sp³-hybridized carbons (Fsp3) is 0.800. The fourth-order valence-corrected chi connectivity index (χ4v) is 4.70. The summed E-state index contributed by atoms with van der Waals surface area (Å²) >= 11 is 0. The van der Waals surface area contributed by atoms with Gasteiger partial charge in [-0.2, -0.15) is 0 Å². The maximum Gasteiger partial charge on any atom is 0.333 e. The Morgan fingerprint density at radius 2 is 1.58 bits per heavy atom. The van der Waals surface area contributed by atoms with Crippen molar-refractivity contribution in [2.24, 2.45) is 11.8 Å². The van der Waals surface area contributed by atoms with Gasteiger partial charge in [-0.25, -0.2) is 4.79 Å². The Morgan fingerprint density at radius 3 is 1.95 bits per heavy atom. The van der Waals surface area contributed by atoms with Gasteiger partial charge < -0.3 is 14.9 Å². The van der Waals surface area contributed by atoms with Crippen LogP contribution in [0.5, 0.6) is 0 Å². The molecular formula is C15H22O4. The molecular weight excluding hydrogens is 244 g/mol. The van der Waals surface area contributed by atoms with Crippen LogP contribution in [-0.2, 0) is 9.53 Å². The molecule has 0 spiro atoms. The molecule has 2 N–H and O–H groups in total. The van der Waals surface area contributed by atoms with Gasteiger partial charge in [-0.3, -0.25) is 0 Å². The fourth-order valence-electron chi connectivity index (χ4n) is 4.70. The van der Waals surface area contributed by atoms with Gasteiger partial charge in [-0.05, 0) is 57.8 Å². The lowest BCUT2D eigenvalue weighted by Crippen LogP contribution is -2.77. The number of aliphatic hydroxyl groups is 2. The smallest absolute Gasteiger partial charge is 0.333 e. The maximum atomic E-state index is 11.9. The maximum absolute atomic E-state index is 11.9. The van der Waals surface area contributed by atoms with Crippen molar-refractivity contribution in [3.05, 3.63) is 12.2 Å². The lowest BCUT2D eigenvalue weighted by Gasteiger charge is -2.66. The highest BCUT2D eigenvalue weighted by atomic mass is 16.6. The monoisotopic (exact) mass is 266 g/mol. The summed E-state index contributed by atoms with van der Waals surface area (Å²) in [5.74, 6) is 0.162. The van der Waals surface area contributed by atoms with E-state index in [9.17, 15) is 15.0 Å². The quantitative estimate of drug-likeness (QED) is 0.588. The minimum absolute atomic E-state index is 0.294. The number of hydrogen-bond acceptors (Lipinski definition) is 4. The normalized spacial score (nSPS) is 51.2. The van der Waals surface area contributed by atoms with E-state index in [1.165, 1.54) is 0 Å². The molecule has 19 heavy (non-hydrogen) atoms. The summed E-state index contributed by atoms with van der Waals surface area (Å²) in [5, 5.41) is 21.9. The Bertz CT molecular complexity index is 417. The molecule has 0 radical (unpaired) electrons. The summed E-state index contributed by atoms with van der Waals surface area (Å²) in [4.78, 5) is 11.9. The van der Waals surface area contributed by atoms with Crippen molar-refractivity contribution in [3.63, 3.8) is 0 Å². The van der Waals surface area contributed by atoms with E-state index in [-0.39, 0.29) is 0 Å². The molecule has 0 atom stereocenters. The number of hydrogen-bond donors (Lipinski definition) is 2. The Labute approximate surface area is 113 Å². The number of ether oxygens (including phenoxy) is 1. The van der Waals surface area contributed by atoms with Gasteiger partial charge in [-0.15, -0.1) is 0 Å². The first kappa shape index (κ1) is 13.1. The standard InChI is InChI=1S/C15H22O4/c1-9(2)12(16)19-13(3)14(17)5-10-4-11(7-14)8-15(13,18)6-10/h10-11,17-18H,1,4-8H2,2-3H3. The number of rotatable bonds is 2. The third-order valence-electron chi connectivity index (χ3n) is 5.59. The average molecular weight is 266 g/mol. The lowest BCUT2D eigenvalue weighted by atomic mass is 9.46. The average Bonchev–Trinajstić information content (AvgIpc) is 2.24. The molecule has 0 unspecified atom stereocenters. The SMILES string of the molecule is C=C(C)C(=O)OC1(C)C2(O)CC3CC(C2)CC1(O)C3. The van der Waals surface area contributed by atoms with Crippen molar-refractivity contribution in [3.8, 4) is 0 Å². The van der Waals surface area contributed by atoms with E-state index in [1.54, 1.807) is 13.8 Å². The zero-order valence-corrected chi connectivity index (χ0v) is 11.6. The van der Waals surface area contributed by atoms with E-state index in [1.807, 2.05) is 0 Å². The molecule has 4 aliphatic carbocycles. The minimum atomic E-state index is -1.22. The van der Waals surface area contributed by atoms with Crippen LogP contribution in [0, 0.1) is 11.8 Å². The van der Waals surface area contributed by atoms with Crippen molar-refractivity contribution >= 4 is 5.97 Å². The third-order valence-corrected chi connectivity index (χ3v) is 5.59. The van der Waals surface area contributed by atoms with Crippen LogP contribution in [0.25, 0.3) is 0 Å². The molecule has 0 saturated heterocycles. The molecule has 0 aromatic carbocycles. The van der Waals surface area contributed by atoms with Crippen LogP contribution in [0.3, 0.4) is 0 Å². The summed E-state index contributed by atoms with van der Waals surface area (Å²) in [5.41, 5.74) is -3.13. The van der Waals surface area contributed by atoms with E-state index in [4.69, 9.17) is 4.74 Å². The van der Waals surface area contributed by atoms with E-state index in [0.29, 0.717) is 43.1 Å². The van der Waals surface area contributed by atoms with Crippen molar-refractivity contribution in [2.75, 3.05) is 0 Å². The molecule has 4 aliphatic rings. The van der Waals surface area contributed by atoms with Crippen LogP contribution < -0.4 is 0 Å². The topological polar surface area (TPSA) is 66.8 Å². The Morgan fingerprint density at radius 1 is 1.16 bits per heavy atom. The molecule has 4 bridgehead atoms. The second-order valence-corrected chi connectivity index (χ2v) is 7.05. The van der Waals surface area contributed by atoms with E-state index in [0.717, 1.165) is 6.42 Å². The molecule has 4 saturated carbocycles.